The third-order valence-electron chi connectivity index (χ3n) is 3.03. The maximum atomic E-state index is 12.2. The third-order valence-corrected chi connectivity index (χ3v) is 3.71. The van der Waals surface area contributed by atoms with Gasteiger partial charge in [0, 0.05) is 14.6 Å². The van der Waals surface area contributed by atoms with Gasteiger partial charge in [0.05, 0.1) is 7.11 Å². The lowest BCUT2D eigenvalue weighted by Crippen LogP contribution is -2.10. The smallest absolute Gasteiger partial charge is 0.291 e. The lowest BCUT2D eigenvalue weighted by atomic mass is 10.2. The number of hydrogen-bond acceptors (Lipinski definition) is 3. The van der Waals surface area contributed by atoms with Crippen molar-refractivity contribution in [3.8, 4) is 5.75 Å². The van der Waals surface area contributed by atoms with E-state index in [-0.39, 0.29) is 11.7 Å². The summed E-state index contributed by atoms with van der Waals surface area (Å²) in [4.78, 5) is 12.2. The molecular formula is C16H12INO3. The van der Waals surface area contributed by atoms with Gasteiger partial charge in [-0.3, -0.25) is 4.79 Å². The molecular weight excluding hydrogens is 381 g/mol. The predicted octanol–water partition coefficient (Wildman–Crippen LogP) is 4.30. The van der Waals surface area contributed by atoms with Gasteiger partial charge in [0.1, 0.15) is 0 Å². The number of ether oxygens (including phenoxy) is 1. The van der Waals surface area contributed by atoms with Crippen LogP contribution in [0.4, 0.5) is 5.69 Å². The van der Waals surface area contributed by atoms with E-state index in [1.807, 2.05) is 36.4 Å². The number of carbonyl (C=O) groups is 1. The summed E-state index contributed by atoms with van der Waals surface area (Å²) in [6, 6.07) is 14.8. The van der Waals surface area contributed by atoms with Crippen molar-refractivity contribution in [3.05, 3.63) is 57.9 Å². The van der Waals surface area contributed by atoms with Crippen molar-refractivity contribution in [1.29, 1.82) is 0 Å². The van der Waals surface area contributed by atoms with Gasteiger partial charge in [-0.1, -0.05) is 18.2 Å². The van der Waals surface area contributed by atoms with E-state index in [0.717, 1.165) is 14.6 Å². The second-order valence-corrected chi connectivity index (χ2v) is 5.70. The highest BCUT2D eigenvalue weighted by atomic mass is 127. The van der Waals surface area contributed by atoms with E-state index in [1.54, 1.807) is 19.2 Å². The molecule has 0 aliphatic heterocycles. The normalized spacial score (nSPS) is 10.6. The Labute approximate surface area is 135 Å². The number of fused-ring (bicyclic) bond motifs is 1. The summed E-state index contributed by atoms with van der Waals surface area (Å²) in [7, 11) is 1.57. The summed E-state index contributed by atoms with van der Waals surface area (Å²) in [6.07, 6.45) is 0. The largest absolute Gasteiger partial charge is 0.493 e. The van der Waals surface area contributed by atoms with Crippen LogP contribution >= 0.6 is 22.6 Å². The molecule has 4 nitrogen and oxygen atoms in total. The first-order chi connectivity index (χ1) is 10.2. The zero-order valence-electron chi connectivity index (χ0n) is 11.2. The van der Waals surface area contributed by atoms with Crippen LogP contribution in [0.2, 0.25) is 0 Å². The molecule has 5 heteroatoms. The highest BCUT2D eigenvalue weighted by Crippen LogP contribution is 2.28. The number of carbonyl (C=O) groups excluding carboxylic acids is 1. The van der Waals surface area contributed by atoms with Gasteiger partial charge >= 0.3 is 0 Å². The Kier molecular flexibility index (Phi) is 3.83. The van der Waals surface area contributed by atoms with Crippen molar-refractivity contribution >= 4 is 45.2 Å². The monoisotopic (exact) mass is 393 g/mol. The van der Waals surface area contributed by atoms with Gasteiger partial charge in [-0.2, -0.15) is 0 Å². The van der Waals surface area contributed by atoms with E-state index in [4.69, 9.17) is 9.15 Å². The minimum absolute atomic E-state index is 0.258. The molecule has 0 aliphatic carbocycles. The molecule has 0 aliphatic rings. The van der Waals surface area contributed by atoms with Crippen molar-refractivity contribution in [2.75, 3.05) is 12.4 Å². The summed E-state index contributed by atoms with van der Waals surface area (Å²) in [5, 5.41) is 3.65. The zero-order valence-corrected chi connectivity index (χ0v) is 13.4. The first kappa shape index (κ1) is 13.9. The first-order valence-electron chi connectivity index (χ1n) is 6.31. The minimum atomic E-state index is -0.282. The molecule has 3 aromatic rings. The molecule has 1 amide bonds. The summed E-state index contributed by atoms with van der Waals surface area (Å²) >= 11 is 2.20. The predicted molar refractivity (Wildman–Crippen MR) is 89.9 cm³/mol. The minimum Gasteiger partial charge on any atom is -0.493 e. The Bertz CT molecular complexity index is 810. The first-order valence-corrected chi connectivity index (χ1v) is 7.39. The van der Waals surface area contributed by atoms with E-state index in [9.17, 15) is 4.79 Å². The van der Waals surface area contributed by atoms with Crippen LogP contribution in [0, 0.1) is 3.57 Å². The molecule has 0 radical (unpaired) electrons. The number of anilines is 1. The number of benzene rings is 2. The van der Waals surface area contributed by atoms with Crippen LogP contribution in [-0.2, 0) is 0 Å². The molecule has 0 fully saturated rings. The highest BCUT2D eigenvalue weighted by Gasteiger charge is 2.14. The second-order valence-electron chi connectivity index (χ2n) is 4.45. The Balaban J connectivity index is 1.91. The molecule has 0 saturated heterocycles. The van der Waals surface area contributed by atoms with Gasteiger partial charge in [0.2, 0.25) is 0 Å². The second kappa shape index (κ2) is 5.77. The average Bonchev–Trinajstić information content (AvgIpc) is 2.91. The molecule has 0 saturated carbocycles. The van der Waals surface area contributed by atoms with Crippen molar-refractivity contribution < 1.29 is 13.9 Å². The maximum Gasteiger partial charge on any atom is 0.291 e. The Hall–Kier alpha value is -2.02. The van der Waals surface area contributed by atoms with Gasteiger partial charge in [-0.15, -0.1) is 0 Å². The van der Waals surface area contributed by atoms with Crippen LogP contribution in [-0.4, -0.2) is 13.0 Å². The number of furan rings is 1. The third kappa shape index (κ3) is 2.87. The zero-order chi connectivity index (χ0) is 14.8. The van der Waals surface area contributed by atoms with E-state index >= 15 is 0 Å². The van der Waals surface area contributed by atoms with Crippen LogP contribution in [0.5, 0.6) is 5.75 Å². The fourth-order valence-electron chi connectivity index (χ4n) is 2.07. The number of halogens is 1. The number of hydrogen-bond donors (Lipinski definition) is 1. The van der Waals surface area contributed by atoms with Gasteiger partial charge in [0.25, 0.3) is 5.91 Å². The van der Waals surface area contributed by atoms with Crippen molar-refractivity contribution in [2.45, 2.75) is 0 Å². The fourth-order valence-corrected chi connectivity index (χ4v) is 2.61. The van der Waals surface area contributed by atoms with Crippen molar-refractivity contribution in [3.63, 3.8) is 0 Å². The van der Waals surface area contributed by atoms with Crippen LogP contribution < -0.4 is 10.1 Å². The molecule has 0 atom stereocenters. The molecule has 3 rings (SSSR count). The molecule has 1 heterocycles. The molecule has 1 N–H and O–H groups in total. The molecule has 106 valence electrons. The van der Waals surface area contributed by atoms with Gasteiger partial charge in [-0.25, -0.2) is 0 Å². The van der Waals surface area contributed by atoms with Crippen molar-refractivity contribution in [1.82, 2.24) is 0 Å². The van der Waals surface area contributed by atoms with Crippen LogP contribution in [0.15, 0.2) is 52.9 Å². The van der Waals surface area contributed by atoms with Crippen molar-refractivity contribution in [2.24, 2.45) is 0 Å². The van der Waals surface area contributed by atoms with E-state index < -0.39 is 0 Å². The summed E-state index contributed by atoms with van der Waals surface area (Å²) in [6.45, 7) is 0. The quantitative estimate of drug-likeness (QED) is 0.676. The van der Waals surface area contributed by atoms with Crippen LogP contribution in [0.25, 0.3) is 11.0 Å². The average molecular weight is 393 g/mol. The van der Waals surface area contributed by atoms with Gasteiger partial charge < -0.3 is 14.5 Å². The standard InChI is InChI=1S/C16H12INO3/c1-20-13-7-2-4-10-8-14(21-15(10)13)16(19)18-12-6-3-5-11(17)9-12/h2-9H,1H3,(H,18,19). The van der Waals surface area contributed by atoms with E-state index in [0.29, 0.717) is 11.3 Å². The maximum absolute atomic E-state index is 12.2. The Morgan fingerprint density at radius 1 is 1.19 bits per heavy atom. The summed E-state index contributed by atoms with van der Waals surface area (Å²) in [5.74, 6) is 0.587. The van der Waals surface area contributed by atoms with E-state index in [2.05, 4.69) is 27.9 Å². The lowest BCUT2D eigenvalue weighted by Gasteiger charge is -2.03. The SMILES string of the molecule is COc1cccc2cc(C(=O)Nc3cccc(I)c3)oc12. The van der Waals surface area contributed by atoms with Crippen LogP contribution in [0.3, 0.4) is 0 Å². The van der Waals surface area contributed by atoms with Gasteiger partial charge in [-0.05, 0) is 52.9 Å². The Morgan fingerprint density at radius 2 is 2.00 bits per heavy atom. The molecule has 1 aromatic heterocycles. The highest BCUT2D eigenvalue weighted by molar-refractivity contribution is 14.1. The number of rotatable bonds is 3. The molecule has 0 bridgehead atoms. The Morgan fingerprint density at radius 3 is 2.76 bits per heavy atom. The number of para-hydroxylation sites is 1. The lowest BCUT2D eigenvalue weighted by molar-refractivity contribution is 0.0998. The number of nitrogens with one attached hydrogen (secondary N) is 1. The van der Waals surface area contributed by atoms with E-state index in [1.165, 1.54) is 0 Å². The summed E-state index contributed by atoms with van der Waals surface area (Å²) in [5.41, 5.74) is 1.31. The fraction of sp³-hybridized carbons (Fsp3) is 0.0625. The topological polar surface area (TPSA) is 51.5 Å². The molecule has 0 unspecified atom stereocenters. The summed E-state index contributed by atoms with van der Waals surface area (Å²) < 4.78 is 11.9. The molecule has 2 aromatic carbocycles. The molecule has 0 spiro atoms. The van der Waals surface area contributed by atoms with Crippen LogP contribution in [0.1, 0.15) is 10.6 Å². The number of methoxy groups -OCH3 is 1. The molecule has 21 heavy (non-hydrogen) atoms. The number of amides is 1. The van der Waals surface area contributed by atoms with Gasteiger partial charge in [0.15, 0.2) is 17.1 Å².